The molecule has 2 rings (SSSR count). The Kier molecular flexibility index (Phi) is 5.77. The van der Waals surface area contributed by atoms with Gasteiger partial charge in [0.2, 0.25) is 0 Å². The van der Waals surface area contributed by atoms with Gasteiger partial charge >= 0.3 is 0 Å². The number of halogens is 2. The Morgan fingerprint density at radius 3 is 2.70 bits per heavy atom. The van der Waals surface area contributed by atoms with Crippen molar-refractivity contribution in [2.75, 3.05) is 38.6 Å². The van der Waals surface area contributed by atoms with Crippen LogP contribution in [-0.2, 0) is 0 Å². The third-order valence-electron chi connectivity index (χ3n) is 3.36. The summed E-state index contributed by atoms with van der Waals surface area (Å²) in [5.41, 5.74) is 0.905. The van der Waals surface area contributed by atoms with Gasteiger partial charge in [0.15, 0.2) is 0 Å². The van der Waals surface area contributed by atoms with Crippen molar-refractivity contribution in [3.63, 3.8) is 0 Å². The number of nitrogens with zero attached hydrogens (tertiary/aromatic N) is 2. The monoisotopic (exact) mass is 301 g/mol. The van der Waals surface area contributed by atoms with Crippen molar-refractivity contribution < 1.29 is 9.18 Å². The van der Waals surface area contributed by atoms with Gasteiger partial charge in [0.25, 0.3) is 5.91 Å². The molecule has 20 heavy (non-hydrogen) atoms. The van der Waals surface area contributed by atoms with E-state index in [0.717, 1.165) is 12.2 Å². The number of hydrogen-bond acceptors (Lipinski definition) is 3. The highest BCUT2D eigenvalue weighted by Crippen LogP contribution is 2.18. The maximum absolute atomic E-state index is 14.0. The van der Waals surface area contributed by atoms with Crippen molar-refractivity contribution in [3.05, 3.63) is 29.6 Å². The van der Waals surface area contributed by atoms with Gasteiger partial charge in [-0.3, -0.25) is 4.79 Å². The van der Waals surface area contributed by atoms with E-state index < -0.39 is 5.82 Å². The number of benzene rings is 1. The molecule has 0 unspecified atom stereocenters. The van der Waals surface area contributed by atoms with Crippen molar-refractivity contribution in [2.24, 2.45) is 0 Å². The first kappa shape index (κ1) is 16.7. The number of carbonyl (C=O) groups is 1. The van der Waals surface area contributed by atoms with E-state index in [2.05, 4.69) is 5.32 Å². The van der Waals surface area contributed by atoms with Crippen LogP contribution in [0.15, 0.2) is 18.2 Å². The fraction of sp³-hybridized carbons (Fsp3) is 0.500. The molecule has 1 saturated heterocycles. The highest BCUT2D eigenvalue weighted by Gasteiger charge is 2.23. The van der Waals surface area contributed by atoms with E-state index in [1.165, 1.54) is 6.07 Å². The Morgan fingerprint density at radius 1 is 1.45 bits per heavy atom. The maximum Gasteiger partial charge on any atom is 0.256 e. The minimum atomic E-state index is -0.456. The molecule has 0 radical (unpaired) electrons. The van der Waals surface area contributed by atoms with Crippen LogP contribution in [0.3, 0.4) is 0 Å². The van der Waals surface area contributed by atoms with Gasteiger partial charge in [0, 0.05) is 45.5 Å². The Bertz CT molecular complexity index is 481. The largest absolute Gasteiger partial charge is 0.378 e. The Labute approximate surface area is 125 Å². The zero-order chi connectivity index (χ0) is 14.0. The first-order chi connectivity index (χ1) is 8.99. The maximum atomic E-state index is 14.0. The number of rotatable bonds is 2. The molecule has 0 spiro atoms. The third kappa shape index (κ3) is 3.61. The van der Waals surface area contributed by atoms with Gasteiger partial charge in [-0.1, -0.05) is 0 Å². The summed E-state index contributed by atoms with van der Waals surface area (Å²) >= 11 is 0. The quantitative estimate of drug-likeness (QED) is 0.904. The number of anilines is 1. The van der Waals surface area contributed by atoms with Crippen LogP contribution in [0.2, 0.25) is 0 Å². The van der Waals surface area contributed by atoms with Crippen LogP contribution in [0.5, 0.6) is 0 Å². The lowest BCUT2D eigenvalue weighted by Gasteiger charge is -2.32. The summed E-state index contributed by atoms with van der Waals surface area (Å²) < 4.78 is 14.0. The molecule has 1 N–H and O–H groups in total. The predicted octanol–water partition coefficient (Wildman–Crippen LogP) is 1.75. The van der Waals surface area contributed by atoms with Crippen LogP contribution in [0.1, 0.15) is 17.3 Å². The highest BCUT2D eigenvalue weighted by atomic mass is 35.5. The molecule has 112 valence electrons. The first-order valence-electron chi connectivity index (χ1n) is 6.48. The molecule has 0 aliphatic carbocycles. The van der Waals surface area contributed by atoms with Gasteiger partial charge < -0.3 is 15.1 Å². The lowest BCUT2D eigenvalue weighted by Crippen LogP contribution is -2.51. The number of hydrogen-bond donors (Lipinski definition) is 1. The molecule has 4 nitrogen and oxygen atoms in total. The van der Waals surface area contributed by atoms with Crippen LogP contribution in [-0.4, -0.2) is 50.6 Å². The zero-order valence-electron chi connectivity index (χ0n) is 12.0. The van der Waals surface area contributed by atoms with Crippen molar-refractivity contribution in [2.45, 2.75) is 13.0 Å². The van der Waals surface area contributed by atoms with Gasteiger partial charge in [0.05, 0.1) is 5.56 Å². The average Bonchev–Trinajstić information content (AvgIpc) is 2.37. The molecule has 1 aromatic rings. The molecule has 0 bridgehead atoms. The molecule has 6 heteroatoms. The summed E-state index contributed by atoms with van der Waals surface area (Å²) in [4.78, 5) is 15.8. The van der Waals surface area contributed by atoms with Crippen LogP contribution in [0.25, 0.3) is 0 Å². The van der Waals surface area contributed by atoms with E-state index in [-0.39, 0.29) is 29.9 Å². The van der Waals surface area contributed by atoms with Gasteiger partial charge in [-0.15, -0.1) is 12.4 Å². The number of piperazine rings is 1. The summed E-state index contributed by atoms with van der Waals surface area (Å²) in [6.45, 7) is 4.01. The summed E-state index contributed by atoms with van der Waals surface area (Å²) in [5, 5.41) is 3.26. The second-order valence-electron chi connectivity index (χ2n) is 5.16. The van der Waals surface area contributed by atoms with E-state index in [4.69, 9.17) is 0 Å². The van der Waals surface area contributed by atoms with Crippen molar-refractivity contribution in [3.8, 4) is 0 Å². The minimum Gasteiger partial charge on any atom is -0.378 e. The number of carbonyl (C=O) groups excluding carboxylic acids is 1. The fourth-order valence-electron chi connectivity index (χ4n) is 2.24. The zero-order valence-corrected chi connectivity index (χ0v) is 12.8. The van der Waals surface area contributed by atoms with Gasteiger partial charge in [-0.25, -0.2) is 4.39 Å². The van der Waals surface area contributed by atoms with E-state index in [1.54, 1.807) is 17.0 Å². The smallest absolute Gasteiger partial charge is 0.256 e. The van der Waals surface area contributed by atoms with Gasteiger partial charge in [0.1, 0.15) is 5.82 Å². The fourth-order valence-corrected chi connectivity index (χ4v) is 2.24. The normalized spacial score (nSPS) is 18.4. The molecule has 1 aromatic carbocycles. The Morgan fingerprint density at radius 2 is 2.15 bits per heavy atom. The SMILES string of the molecule is C[C@@H]1CN(C(=O)c2ccc(N(C)C)cc2F)CCN1.Cl. The molecular formula is C14H21ClFN3O. The topological polar surface area (TPSA) is 35.6 Å². The first-order valence-corrected chi connectivity index (χ1v) is 6.48. The summed E-state index contributed by atoms with van der Waals surface area (Å²) in [6, 6.07) is 4.99. The molecule has 1 heterocycles. The van der Waals surface area contributed by atoms with Crippen LogP contribution in [0.4, 0.5) is 10.1 Å². The molecule has 1 fully saturated rings. The molecular weight excluding hydrogens is 281 g/mol. The molecule has 1 atom stereocenters. The molecule has 1 aliphatic heterocycles. The van der Waals surface area contributed by atoms with Gasteiger partial charge in [-0.2, -0.15) is 0 Å². The van der Waals surface area contributed by atoms with Crippen molar-refractivity contribution in [1.29, 1.82) is 0 Å². The van der Waals surface area contributed by atoms with Crippen molar-refractivity contribution in [1.82, 2.24) is 10.2 Å². The third-order valence-corrected chi connectivity index (χ3v) is 3.36. The van der Waals surface area contributed by atoms with Crippen molar-refractivity contribution >= 4 is 24.0 Å². The molecule has 1 aliphatic rings. The van der Waals surface area contributed by atoms with Crippen LogP contribution in [0, 0.1) is 5.82 Å². The average molecular weight is 302 g/mol. The second-order valence-corrected chi connectivity index (χ2v) is 5.16. The Hall–Kier alpha value is -1.33. The summed E-state index contributed by atoms with van der Waals surface area (Å²) in [6.07, 6.45) is 0. The van der Waals surface area contributed by atoms with E-state index in [9.17, 15) is 9.18 Å². The lowest BCUT2D eigenvalue weighted by molar-refractivity contribution is 0.0704. The minimum absolute atomic E-state index is 0. The molecule has 0 saturated carbocycles. The molecule has 1 amide bonds. The van der Waals surface area contributed by atoms with E-state index >= 15 is 0 Å². The highest BCUT2D eigenvalue weighted by molar-refractivity contribution is 5.95. The van der Waals surface area contributed by atoms with Crippen LogP contribution >= 0.6 is 12.4 Å². The van der Waals surface area contributed by atoms with Gasteiger partial charge in [-0.05, 0) is 25.1 Å². The van der Waals surface area contributed by atoms with E-state index in [1.807, 2.05) is 25.9 Å². The summed E-state index contributed by atoms with van der Waals surface area (Å²) in [7, 11) is 3.68. The standard InChI is InChI=1S/C14H20FN3O.ClH/c1-10-9-18(7-6-16-10)14(19)12-5-4-11(17(2)3)8-13(12)15;/h4-5,8,10,16H,6-7,9H2,1-3H3;1H/t10-;/m1./s1. The van der Waals surface area contributed by atoms with Crippen LogP contribution < -0.4 is 10.2 Å². The number of nitrogens with one attached hydrogen (secondary N) is 1. The number of amides is 1. The summed E-state index contributed by atoms with van der Waals surface area (Å²) in [5.74, 6) is -0.682. The van der Waals surface area contributed by atoms with E-state index in [0.29, 0.717) is 13.1 Å². The second kappa shape index (κ2) is 6.90. The lowest BCUT2D eigenvalue weighted by atomic mass is 10.1. The Balaban J connectivity index is 0.00000200. The predicted molar refractivity (Wildman–Crippen MR) is 81.3 cm³/mol. The molecule has 0 aromatic heterocycles.